The van der Waals surface area contributed by atoms with E-state index >= 15 is 0 Å². The Bertz CT molecular complexity index is 145. The van der Waals surface area contributed by atoms with Crippen LogP contribution in [0.5, 0.6) is 0 Å². The lowest BCUT2D eigenvalue weighted by Crippen LogP contribution is -2.44. The van der Waals surface area contributed by atoms with Crippen molar-refractivity contribution in [2.75, 3.05) is 0 Å². The SMILES string of the molecule is CC(C)(C)C[Si](C)(C)O[Si](C)(C)C. The van der Waals surface area contributed by atoms with Gasteiger partial charge in [0, 0.05) is 0 Å². The van der Waals surface area contributed by atoms with E-state index in [1.807, 2.05) is 0 Å². The van der Waals surface area contributed by atoms with Gasteiger partial charge in [-0.25, -0.2) is 0 Å². The maximum Gasteiger partial charge on any atom is 0.173 e. The average Bonchev–Trinajstić information content (AvgIpc) is 1.43. The zero-order chi connectivity index (χ0) is 10.9. The molecule has 0 amide bonds. The second-order valence-electron chi connectivity index (χ2n) is 6.71. The summed E-state index contributed by atoms with van der Waals surface area (Å²) < 4.78 is 6.28. The zero-order valence-electron chi connectivity index (χ0n) is 10.6. The van der Waals surface area contributed by atoms with Crippen LogP contribution in [0.15, 0.2) is 0 Å². The van der Waals surface area contributed by atoms with E-state index in [0.717, 1.165) is 0 Å². The third kappa shape index (κ3) is 8.72. The summed E-state index contributed by atoms with van der Waals surface area (Å²) >= 11 is 0. The van der Waals surface area contributed by atoms with Crippen LogP contribution in [0.3, 0.4) is 0 Å². The smallest absolute Gasteiger partial charge is 0.173 e. The maximum atomic E-state index is 6.28. The van der Waals surface area contributed by atoms with Crippen molar-refractivity contribution in [3.8, 4) is 0 Å². The summed E-state index contributed by atoms with van der Waals surface area (Å²) in [5.74, 6) is 0. The lowest BCUT2D eigenvalue weighted by atomic mass is 10.0. The molecule has 0 atom stereocenters. The third-order valence-electron chi connectivity index (χ3n) is 1.54. The van der Waals surface area contributed by atoms with Crippen molar-refractivity contribution in [1.82, 2.24) is 0 Å². The van der Waals surface area contributed by atoms with Gasteiger partial charge in [-0.2, -0.15) is 0 Å². The summed E-state index contributed by atoms with van der Waals surface area (Å²) in [6.45, 7) is 18.4. The Morgan fingerprint density at radius 2 is 1.31 bits per heavy atom. The molecule has 0 aromatic rings. The summed E-state index contributed by atoms with van der Waals surface area (Å²) in [6, 6.07) is 1.25. The standard InChI is InChI=1S/C10H26OSi2/c1-10(2,3)9-13(7,8)11-12(4,5)6/h9H2,1-8H3. The second kappa shape index (κ2) is 3.87. The predicted octanol–water partition coefficient (Wildman–Crippen LogP) is 4.09. The molecule has 0 heterocycles. The van der Waals surface area contributed by atoms with E-state index in [1.54, 1.807) is 0 Å². The normalized spacial score (nSPS) is 14.8. The Kier molecular flexibility index (Phi) is 3.99. The van der Waals surface area contributed by atoms with Crippen molar-refractivity contribution in [3.63, 3.8) is 0 Å². The quantitative estimate of drug-likeness (QED) is 0.648. The van der Waals surface area contributed by atoms with Crippen LogP contribution < -0.4 is 0 Å². The van der Waals surface area contributed by atoms with Gasteiger partial charge in [-0.05, 0) is 44.2 Å². The highest BCUT2D eigenvalue weighted by Crippen LogP contribution is 2.30. The summed E-state index contributed by atoms with van der Waals surface area (Å²) in [5.41, 5.74) is 0.412. The van der Waals surface area contributed by atoms with Gasteiger partial charge >= 0.3 is 0 Å². The first kappa shape index (κ1) is 13.4. The van der Waals surface area contributed by atoms with Crippen molar-refractivity contribution in [2.24, 2.45) is 5.41 Å². The van der Waals surface area contributed by atoms with Crippen LogP contribution >= 0.6 is 0 Å². The minimum absolute atomic E-state index is 0.412. The van der Waals surface area contributed by atoms with E-state index in [4.69, 9.17) is 4.12 Å². The fourth-order valence-corrected chi connectivity index (χ4v) is 11.6. The molecule has 0 bridgehead atoms. The highest BCUT2D eigenvalue weighted by atomic mass is 28.4. The van der Waals surface area contributed by atoms with E-state index < -0.39 is 16.6 Å². The molecule has 0 aliphatic heterocycles. The molecule has 0 spiro atoms. The fraction of sp³-hybridized carbons (Fsp3) is 1.00. The van der Waals surface area contributed by atoms with Crippen LogP contribution in [0, 0.1) is 5.41 Å². The van der Waals surface area contributed by atoms with Crippen molar-refractivity contribution in [1.29, 1.82) is 0 Å². The Hall–Kier alpha value is 0.394. The van der Waals surface area contributed by atoms with Crippen LogP contribution in [-0.4, -0.2) is 16.6 Å². The molecule has 3 heteroatoms. The summed E-state index contributed by atoms with van der Waals surface area (Å²) in [5, 5.41) is 0. The summed E-state index contributed by atoms with van der Waals surface area (Å²) in [4.78, 5) is 0. The number of rotatable bonds is 3. The molecule has 0 aliphatic rings. The van der Waals surface area contributed by atoms with Gasteiger partial charge in [0.25, 0.3) is 0 Å². The molecule has 0 N–H and O–H groups in total. The van der Waals surface area contributed by atoms with E-state index in [0.29, 0.717) is 5.41 Å². The average molecular weight is 218 g/mol. The second-order valence-corrected chi connectivity index (χ2v) is 15.6. The third-order valence-corrected chi connectivity index (χ3v) is 8.11. The van der Waals surface area contributed by atoms with Crippen LogP contribution in [0.2, 0.25) is 38.8 Å². The van der Waals surface area contributed by atoms with Crippen molar-refractivity contribution in [2.45, 2.75) is 59.6 Å². The molecule has 0 radical (unpaired) electrons. The number of hydrogen-bond donors (Lipinski definition) is 0. The van der Waals surface area contributed by atoms with Gasteiger partial charge in [0.2, 0.25) is 0 Å². The van der Waals surface area contributed by atoms with Crippen LogP contribution in [0.4, 0.5) is 0 Å². The first-order chi connectivity index (χ1) is 5.41. The van der Waals surface area contributed by atoms with Crippen molar-refractivity contribution >= 4 is 16.6 Å². The van der Waals surface area contributed by atoms with Crippen molar-refractivity contribution < 1.29 is 4.12 Å². The first-order valence-electron chi connectivity index (χ1n) is 5.12. The molecule has 0 aromatic heterocycles. The lowest BCUT2D eigenvalue weighted by molar-refractivity contribution is 0.427. The Balaban J connectivity index is 4.25. The maximum absolute atomic E-state index is 6.28. The van der Waals surface area contributed by atoms with E-state index in [9.17, 15) is 0 Å². The molecule has 13 heavy (non-hydrogen) atoms. The van der Waals surface area contributed by atoms with Gasteiger partial charge < -0.3 is 4.12 Å². The van der Waals surface area contributed by atoms with Gasteiger partial charge in [-0.15, -0.1) is 0 Å². The molecular formula is C10H26OSi2. The van der Waals surface area contributed by atoms with Gasteiger partial charge in [0.1, 0.15) is 0 Å². The van der Waals surface area contributed by atoms with Crippen molar-refractivity contribution in [3.05, 3.63) is 0 Å². The largest absolute Gasteiger partial charge is 0.456 e. The monoisotopic (exact) mass is 218 g/mol. The highest BCUT2D eigenvalue weighted by Gasteiger charge is 2.33. The molecule has 1 nitrogen and oxygen atoms in total. The molecule has 0 fully saturated rings. The van der Waals surface area contributed by atoms with E-state index in [-0.39, 0.29) is 0 Å². The Morgan fingerprint density at radius 3 is 1.54 bits per heavy atom. The fourth-order valence-electron chi connectivity index (χ4n) is 2.14. The lowest BCUT2D eigenvalue weighted by Gasteiger charge is -2.36. The van der Waals surface area contributed by atoms with Crippen LogP contribution in [-0.2, 0) is 4.12 Å². The van der Waals surface area contributed by atoms with Gasteiger partial charge in [0.15, 0.2) is 16.6 Å². The molecule has 0 saturated heterocycles. The van der Waals surface area contributed by atoms with Gasteiger partial charge in [0.05, 0.1) is 0 Å². The number of hydrogen-bond acceptors (Lipinski definition) is 1. The predicted molar refractivity (Wildman–Crippen MR) is 66.2 cm³/mol. The van der Waals surface area contributed by atoms with Gasteiger partial charge in [-0.1, -0.05) is 20.8 Å². The molecule has 80 valence electrons. The van der Waals surface area contributed by atoms with E-state index in [1.165, 1.54) is 6.04 Å². The molecule has 0 aliphatic carbocycles. The highest BCUT2D eigenvalue weighted by molar-refractivity contribution is 6.84. The summed E-state index contributed by atoms with van der Waals surface area (Å²) in [7, 11) is -2.74. The molecule has 0 aromatic carbocycles. The Morgan fingerprint density at radius 1 is 0.923 bits per heavy atom. The first-order valence-corrected chi connectivity index (χ1v) is 11.6. The molecule has 0 unspecified atom stereocenters. The minimum atomic E-state index is -1.41. The topological polar surface area (TPSA) is 9.23 Å². The zero-order valence-corrected chi connectivity index (χ0v) is 12.6. The molecule has 0 rings (SSSR count). The molecule has 0 saturated carbocycles. The van der Waals surface area contributed by atoms with Crippen LogP contribution in [0.25, 0.3) is 0 Å². The Labute approximate surface area is 86.1 Å². The summed E-state index contributed by atoms with van der Waals surface area (Å²) in [6.07, 6.45) is 0. The molecular weight excluding hydrogens is 192 g/mol. The van der Waals surface area contributed by atoms with Gasteiger partial charge in [-0.3, -0.25) is 0 Å². The van der Waals surface area contributed by atoms with E-state index in [2.05, 4.69) is 53.5 Å². The minimum Gasteiger partial charge on any atom is -0.456 e. The van der Waals surface area contributed by atoms with Crippen LogP contribution in [0.1, 0.15) is 20.8 Å².